The van der Waals surface area contributed by atoms with E-state index in [0.717, 1.165) is 22.6 Å². The van der Waals surface area contributed by atoms with Gasteiger partial charge in [-0.1, -0.05) is 182 Å². The van der Waals surface area contributed by atoms with Gasteiger partial charge in [0.1, 0.15) is 0 Å². The predicted octanol–water partition coefficient (Wildman–Crippen LogP) is 17.3. The van der Waals surface area contributed by atoms with Gasteiger partial charge in [0.2, 0.25) is 0 Å². The molecule has 63 heavy (non-hydrogen) atoms. The van der Waals surface area contributed by atoms with Crippen LogP contribution in [-0.2, 0) is 0 Å². The molecule has 2 heterocycles. The number of rotatable bonds is 8. The molecule has 12 rings (SSSR count). The Bertz CT molecular complexity index is 3580. The lowest BCUT2D eigenvalue weighted by molar-refractivity contribution is 1.18. The van der Waals surface area contributed by atoms with E-state index in [-0.39, 0.29) is 0 Å². The van der Waals surface area contributed by atoms with Crippen molar-refractivity contribution in [1.29, 1.82) is 0 Å². The largest absolute Gasteiger partial charge is 0.310 e. The Kier molecular flexibility index (Phi) is 9.06. The summed E-state index contributed by atoms with van der Waals surface area (Å²) in [7, 11) is 0. The molecule has 0 aliphatic rings. The molecule has 0 N–H and O–H groups in total. The van der Waals surface area contributed by atoms with Crippen LogP contribution in [0.5, 0.6) is 0 Å². The van der Waals surface area contributed by atoms with Crippen molar-refractivity contribution < 1.29 is 0 Å². The van der Waals surface area contributed by atoms with Gasteiger partial charge in [-0.3, -0.25) is 0 Å². The first-order chi connectivity index (χ1) is 31.3. The fraction of sp³-hybridized carbons (Fsp3) is 0. The third-order valence-corrected chi connectivity index (χ3v) is 13.6. The number of hydrogen-bond acceptors (Lipinski definition) is 2. The molecule has 296 valence electrons. The molecular weight excluding hydrogens is 781 g/mol. The van der Waals surface area contributed by atoms with Crippen LogP contribution in [0.4, 0.5) is 17.1 Å². The highest BCUT2D eigenvalue weighted by molar-refractivity contribution is 7.26. The molecule has 2 aromatic heterocycles. The summed E-state index contributed by atoms with van der Waals surface area (Å²) in [5.74, 6) is 0. The summed E-state index contributed by atoms with van der Waals surface area (Å²) in [6, 6.07) is 88.4. The van der Waals surface area contributed by atoms with Crippen molar-refractivity contribution in [2.75, 3.05) is 4.90 Å². The van der Waals surface area contributed by atoms with E-state index in [9.17, 15) is 0 Å². The zero-order valence-electron chi connectivity index (χ0n) is 34.4. The van der Waals surface area contributed by atoms with Gasteiger partial charge in [-0.2, -0.15) is 0 Å². The number of anilines is 3. The SMILES string of the molecule is c1ccc(-c2cccc(-c3cccc(N(c4cccc(-c5ccccc5)c4)c4ccc(-c5ccccc5-n5c6ccccc6c6ccccc65)c5sc6ccccc6c45)c3)c2)cc1. The van der Waals surface area contributed by atoms with Gasteiger partial charge in [-0.05, 0) is 94.0 Å². The summed E-state index contributed by atoms with van der Waals surface area (Å²) in [4.78, 5) is 2.47. The van der Waals surface area contributed by atoms with Gasteiger partial charge < -0.3 is 9.47 Å². The molecule has 0 aliphatic heterocycles. The van der Waals surface area contributed by atoms with Gasteiger partial charge >= 0.3 is 0 Å². The minimum atomic E-state index is 1.10. The van der Waals surface area contributed by atoms with Crippen LogP contribution in [0.25, 0.3) is 92.2 Å². The Morgan fingerprint density at radius 1 is 0.333 bits per heavy atom. The molecule has 0 saturated carbocycles. The second-order valence-electron chi connectivity index (χ2n) is 16.1. The summed E-state index contributed by atoms with van der Waals surface area (Å²) in [5, 5.41) is 5.01. The van der Waals surface area contributed by atoms with Crippen molar-refractivity contribution in [3.8, 4) is 50.2 Å². The van der Waals surface area contributed by atoms with Crippen molar-refractivity contribution in [2.45, 2.75) is 0 Å². The average molecular weight is 821 g/mol. The van der Waals surface area contributed by atoms with Gasteiger partial charge in [-0.15, -0.1) is 11.3 Å². The Hall–Kier alpha value is -7.98. The number of para-hydroxylation sites is 3. The highest BCUT2D eigenvalue weighted by atomic mass is 32.1. The minimum absolute atomic E-state index is 1.10. The fourth-order valence-corrected chi connectivity index (χ4v) is 10.8. The second-order valence-corrected chi connectivity index (χ2v) is 17.1. The van der Waals surface area contributed by atoms with Gasteiger partial charge in [0.15, 0.2) is 0 Å². The van der Waals surface area contributed by atoms with Crippen LogP contribution in [0.15, 0.2) is 243 Å². The average Bonchev–Trinajstić information content (AvgIpc) is 3.92. The number of nitrogens with zero attached hydrogens (tertiary/aromatic N) is 2. The van der Waals surface area contributed by atoms with E-state index < -0.39 is 0 Å². The smallest absolute Gasteiger partial charge is 0.0555 e. The van der Waals surface area contributed by atoms with Crippen LogP contribution in [0.2, 0.25) is 0 Å². The van der Waals surface area contributed by atoms with Crippen molar-refractivity contribution in [1.82, 2.24) is 4.57 Å². The molecule has 0 bridgehead atoms. The zero-order chi connectivity index (χ0) is 41.7. The van der Waals surface area contributed by atoms with Crippen molar-refractivity contribution >= 4 is 70.4 Å². The molecule has 2 nitrogen and oxygen atoms in total. The molecule has 10 aromatic carbocycles. The standard InChI is InChI=1S/C60H40N2S/c1-3-18-41(19-4-1)43-22-15-23-44(38-43)46-25-17-27-48(40-46)61(47-26-16-24-45(39-47)42-20-5-2-6-21-42)57-37-36-52(60-59(57)53-31-10-14-35-58(53)63-60)51-30-9-13-34-56(51)62-54-32-11-7-28-49(54)50-29-8-12-33-55(50)62/h1-40H. The summed E-state index contributed by atoms with van der Waals surface area (Å²) >= 11 is 1.88. The predicted molar refractivity (Wildman–Crippen MR) is 270 cm³/mol. The van der Waals surface area contributed by atoms with Crippen LogP contribution >= 0.6 is 11.3 Å². The number of hydrogen-bond donors (Lipinski definition) is 0. The molecular formula is C60H40N2S. The normalized spacial score (nSPS) is 11.5. The summed E-state index contributed by atoms with van der Waals surface area (Å²) in [6.07, 6.45) is 0. The molecule has 3 heteroatoms. The zero-order valence-corrected chi connectivity index (χ0v) is 35.2. The molecule has 0 unspecified atom stereocenters. The van der Waals surface area contributed by atoms with E-state index in [1.54, 1.807) is 0 Å². The van der Waals surface area contributed by atoms with E-state index in [1.165, 1.54) is 86.6 Å². The molecule has 0 aliphatic carbocycles. The maximum atomic E-state index is 2.47. The first kappa shape index (κ1) is 36.8. The summed E-state index contributed by atoms with van der Waals surface area (Å²) < 4.78 is 4.98. The Morgan fingerprint density at radius 3 is 1.46 bits per heavy atom. The molecule has 0 radical (unpaired) electrons. The van der Waals surface area contributed by atoms with E-state index in [2.05, 4.69) is 252 Å². The van der Waals surface area contributed by atoms with Crippen LogP contribution in [0, 0.1) is 0 Å². The molecule has 12 aromatic rings. The maximum absolute atomic E-state index is 2.47. The number of thiophene rings is 1. The number of benzene rings is 10. The summed E-state index contributed by atoms with van der Waals surface area (Å²) in [5.41, 5.74) is 16.4. The van der Waals surface area contributed by atoms with E-state index in [1.807, 2.05) is 11.3 Å². The molecule has 0 saturated heterocycles. The fourth-order valence-electron chi connectivity index (χ4n) is 9.50. The quantitative estimate of drug-likeness (QED) is 0.148. The third-order valence-electron chi connectivity index (χ3n) is 12.4. The lowest BCUT2D eigenvalue weighted by Crippen LogP contribution is -2.11. The third kappa shape index (κ3) is 6.41. The lowest BCUT2D eigenvalue weighted by atomic mass is 9.97. The molecule has 0 amide bonds. The Balaban J connectivity index is 1.09. The van der Waals surface area contributed by atoms with Crippen LogP contribution in [0.3, 0.4) is 0 Å². The maximum Gasteiger partial charge on any atom is 0.0555 e. The van der Waals surface area contributed by atoms with Crippen LogP contribution in [0.1, 0.15) is 0 Å². The first-order valence-corrected chi connectivity index (χ1v) is 22.3. The second kappa shape index (κ2) is 15.5. The molecule has 0 spiro atoms. The van der Waals surface area contributed by atoms with Gasteiger partial charge in [-0.25, -0.2) is 0 Å². The topological polar surface area (TPSA) is 8.17 Å². The van der Waals surface area contributed by atoms with Gasteiger partial charge in [0.25, 0.3) is 0 Å². The van der Waals surface area contributed by atoms with Crippen LogP contribution < -0.4 is 4.90 Å². The highest BCUT2D eigenvalue weighted by Gasteiger charge is 2.24. The van der Waals surface area contributed by atoms with E-state index in [0.29, 0.717) is 0 Å². The molecule has 0 atom stereocenters. The number of aromatic nitrogens is 1. The van der Waals surface area contributed by atoms with E-state index >= 15 is 0 Å². The van der Waals surface area contributed by atoms with Gasteiger partial charge in [0, 0.05) is 53.4 Å². The molecule has 0 fully saturated rings. The minimum Gasteiger partial charge on any atom is -0.310 e. The van der Waals surface area contributed by atoms with Crippen molar-refractivity contribution in [3.63, 3.8) is 0 Å². The first-order valence-electron chi connectivity index (χ1n) is 21.5. The monoisotopic (exact) mass is 820 g/mol. The van der Waals surface area contributed by atoms with Crippen LogP contribution in [-0.4, -0.2) is 4.57 Å². The van der Waals surface area contributed by atoms with Crippen molar-refractivity contribution in [2.24, 2.45) is 0 Å². The Labute approximate surface area is 370 Å². The lowest BCUT2D eigenvalue weighted by Gasteiger charge is -2.28. The summed E-state index contributed by atoms with van der Waals surface area (Å²) in [6.45, 7) is 0. The number of fused-ring (bicyclic) bond motifs is 6. The van der Waals surface area contributed by atoms with Crippen molar-refractivity contribution in [3.05, 3.63) is 243 Å². The van der Waals surface area contributed by atoms with E-state index in [4.69, 9.17) is 0 Å². The van der Waals surface area contributed by atoms with Gasteiger partial charge in [0.05, 0.1) is 22.4 Å². The highest BCUT2D eigenvalue weighted by Crippen LogP contribution is 2.50. The Morgan fingerprint density at radius 2 is 0.810 bits per heavy atom.